The third-order valence-electron chi connectivity index (χ3n) is 3.26. The third-order valence-corrected chi connectivity index (χ3v) is 7.33. The fraction of sp³-hybridized carbons (Fsp3) is 0.792. The van der Waals surface area contributed by atoms with Crippen molar-refractivity contribution in [1.82, 2.24) is 4.72 Å². The molecule has 0 spiro atoms. The van der Waals surface area contributed by atoms with Crippen molar-refractivity contribution in [3.63, 3.8) is 0 Å². The van der Waals surface area contributed by atoms with Gasteiger partial charge in [0.05, 0.1) is 56.0 Å². The van der Waals surface area contributed by atoms with E-state index >= 15 is 0 Å². The molecule has 3 N–H and O–H groups in total. The zero-order valence-corrected chi connectivity index (χ0v) is 31.8. The van der Waals surface area contributed by atoms with Crippen LogP contribution in [0.2, 0.25) is 0 Å². The largest absolute Gasteiger partial charge is 1.00 e. The predicted molar refractivity (Wildman–Crippen MR) is 167 cm³/mol. The van der Waals surface area contributed by atoms with Crippen molar-refractivity contribution in [3.8, 4) is 0 Å². The van der Waals surface area contributed by atoms with Gasteiger partial charge in [0.1, 0.15) is 23.7 Å². The summed E-state index contributed by atoms with van der Waals surface area (Å²) in [5.41, 5.74) is 0. The molecular formula is C24H50BN3NaO10S3. The third kappa shape index (κ3) is 39.2. The van der Waals surface area contributed by atoms with Crippen LogP contribution in [-0.2, 0) is 66.3 Å². The van der Waals surface area contributed by atoms with E-state index in [-0.39, 0.29) is 74.3 Å². The molecule has 0 rings (SSSR count). The topological polar surface area (TPSA) is 198 Å². The molecule has 0 aromatic heterocycles. The molecule has 0 saturated heterocycles. The number of nitrogens with zero attached hydrogens (tertiary/aromatic N) is 1. The van der Waals surface area contributed by atoms with Crippen molar-refractivity contribution < 1.29 is 77.0 Å². The van der Waals surface area contributed by atoms with Crippen molar-refractivity contribution in [2.75, 3.05) is 26.4 Å². The fourth-order valence-electron chi connectivity index (χ4n) is 1.16. The van der Waals surface area contributed by atoms with E-state index in [2.05, 4.69) is 23.3 Å². The summed E-state index contributed by atoms with van der Waals surface area (Å²) in [6.07, 6.45) is 1.11. The molecule has 0 amide bonds. The van der Waals surface area contributed by atoms with Gasteiger partial charge in [0.2, 0.25) is 6.29 Å². The number of carbonyl (C=O) groups is 4. The molecule has 0 aromatic carbocycles. The Hall–Kier alpha value is -0.815. The molecule has 0 unspecified atom stereocenters. The van der Waals surface area contributed by atoms with E-state index in [9.17, 15) is 31.8 Å². The first-order valence-electron chi connectivity index (χ1n) is 12.2. The summed E-state index contributed by atoms with van der Waals surface area (Å²) in [5.74, 6) is -1.73. The van der Waals surface area contributed by atoms with Crippen LogP contribution >= 0.6 is 0 Å². The maximum Gasteiger partial charge on any atom is 1.00 e. The van der Waals surface area contributed by atoms with E-state index < -0.39 is 49.6 Å². The van der Waals surface area contributed by atoms with Gasteiger partial charge in [-0.15, -0.1) is 0 Å². The number of carbonyl (C=O) groups excluding carboxylic acids is 4. The van der Waals surface area contributed by atoms with Crippen LogP contribution in [0.1, 0.15) is 84.5 Å². The van der Waals surface area contributed by atoms with Crippen LogP contribution < -0.4 is 39.4 Å². The summed E-state index contributed by atoms with van der Waals surface area (Å²) >= 11 is 0. The Bertz CT molecular complexity index is 880. The average molecular weight is 671 g/mol. The summed E-state index contributed by atoms with van der Waals surface area (Å²) < 4.78 is 51.6. The normalized spacial score (nSPS) is 12.8. The monoisotopic (exact) mass is 670 g/mol. The summed E-state index contributed by atoms with van der Waals surface area (Å²) in [6, 6.07) is 0. The maximum atomic E-state index is 11.4. The summed E-state index contributed by atoms with van der Waals surface area (Å²) in [6.45, 7) is 22.3. The van der Waals surface area contributed by atoms with Gasteiger partial charge < -0.3 is 15.6 Å². The van der Waals surface area contributed by atoms with Gasteiger partial charge in [-0.25, -0.2) is 26.9 Å². The standard InChI is InChI=1S/C8H17NO3S.C8H15NO3S.C4H11NOS.C4H6O3.B.Na.H/c2*1-5-12-7(10)6-9-13(11)8(2,3)4;1-4(2,3)7(5)6;1-2-7-4(6)3-5;;;/h9H,5-6H2,1-4H3;6H,5H2,1-4H3;5H2,1-3H3;3H,2H2,1H3;;;/q;;;;;+1;-1/t2*13-;7-;;;;/m111..../s1. The van der Waals surface area contributed by atoms with Crippen LogP contribution in [0.5, 0.6) is 0 Å². The first kappa shape index (κ1) is 53.7. The minimum absolute atomic E-state index is 0. The van der Waals surface area contributed by atoms with Crippen LogP contribution in [0.3, 0.4) is 0 Å². The molecule has 3 radical (unpaired) electrons. The average Bonchev–Trinajstić information content (AvgIpc) is 2.80. The molecule has 0 aromatic rings. The van der Waals surface area contributed by atoms with Gasteiger partial charge >= 0.3 is 47.5 Å². The fourth-order valence-corrected chi connectivity index (χ4v) is 2.34. The van der Waals surface area contributed by atoms with E-state index in [1.165, 1.54) is 0 Å². The molecule has 0 fully saturated rings. The van der Waals surface area contributed by atoms with E-state index in [1.807, 2.05) is 41.5 Å². The van der Waals surface area contributed by atoms with Gasteiger partial charge in [-0.1, -0.05) is 0 Å². The van der Waals surface area contributed by atoms with Crippen molar-refractivity contribution in [1.29, 1.82) is 0 Å². The second-order valence-corrected chi connectivity index (χ2v) is 15.9. The molecule has 0 aliphatic heterocycles. The number of esters is 3. The van der Waals surface area contributed by atoms with E-state index in [0.29, 0.717) is 13.2 Å². The van der Waals surface area contributed by atoms with Gasteiger partial charge in [0, 0.05) is 8.41 Å². The minimum atomic E-state index is -1.39. The van der Waals surface area contributed by atoms with Crippen LogP contribution in [0, 0.1) is 0 Å². The molecule has 42 heavy (non-hydrogen) atoms. The van der Waals surface area contributed by atoms with Gasteiger partial charge in [0.15, 0.2) is 0 Å². The number of nitrogens with two attached hydrogens (primary N) is 1. The Morgan fingerprint density at radius 2 is 1.17 bits per heavy atom. The first-order valence-corrected chi connectivity index (χ1v) is 15.7. The SMILES string of the molecule is CC(C)(C)[S@](N)=O.CCOC(=O)C=N[S@](=O)C(C)(C)C.CCOC(=O)C=O.CCOC(=O)CN[S@](=O)C(C)(C)C.[B].[H-].[Na+]. The summed E-state index contributed by atoms with van der Waals surface area (Å²) in [7, 11) is -3.79. The second-order valence-electron chi connectivity index (χ2n) is 10.1. The zero-order valence-electron chi connectivity index (χ0n) is 28.4. The van der Waals surface area contributed by atoms with Crippen molar-refractivity contribution >= 4 is 71.8 Å². The van der Waals surface area contributed by atoms with Crippen molar-refractivity contribution in [2.45, 2.75) is 97.3 Å². The van der Waals surface area contributed by atoms with Gasteiger partial charge in [-0.2, -0.15) is 4.40 Å². The quantitative estimate of drug-likeness (QED) is 0.0733. The number of hydrogen-bond donors (Lipinski definition) is 2. The molecule has 0 heterocycles. The number of nitrogens with one attached hydrogen (secondary N) is 1. The smallest absolute Gasteiger partial charge is 1.00 e. The Morgan fingerprint density at radius 1 is 0.786 bits per heavy atom. The molecule has 3 atom stereocenters. The molecule has 0 bridgehead atoms. The molecule has 18 heteroatoms. The zero-order chi connectivity index (χ0) is 32.7. The number of aldehydes is 1. The number of rotatable bonds is 9. The molecule has 0 aliphatic carbocycles. The first-order chi connectivity index (χ1) is 18.0. The molecule has 0 aliphatic rings. The van der Waals surface area contributed by atoms with E-state index in [1.54, 1.807) is 41.5 Å². The van der Waals surface area contributed by atoms with Gasteiger partial charge in [-0.05, 0) is 83.1 Å². The van der Waals surface area contributed by atoms with Crippen molar-refractivity contribution in [2.24, 2.45) is 9.54 Å². The van der Waals surface area contributed by atoms with Crippen LogP contribution in [0.15, 0.2) is 4.40 Å². The Morgan fingerprint density at radius 3 is 1.43 bits per heavy atom. The Balaban J connectivity index is -0.0000000816. The van der Waals surface area contributed by atoms with Crippen LogP contribution in [0.4, 0.5) is 0 Å². The summed E-state index contributed by atoms with van der Waals surface area (Å²) in [4.78, 5) is 40.9. The van der Waals surface area contributed by atoms with Crippen LogP contribution in [-0.4, -0.2) is 92.1 Å². The maximum absolute atomic E-state index is 11.4. The van der Waals surface area contributed by atoms with Gasteiger partial charge in [-0.3, -0.25) is 14.7 Å². The summed E-state index contributed by atoms with van der Waals surface area (Å²) in [5, 5.41) is 5.04. The Kier molecular flexibility index (Phi) is 37.0. The molecule has 0 saturated carbocycles. The van der Waals surface area contributed by atoms with Gasteiger partial charge in [0.25, 0.3) is 0 Å². The number of hydrogen-bond acceptors (Lipinski definition) is 10. The van der Waals surface area contributed by atoms with E-state index in [4.69, 9.17) is 5.14 Å². The number of ether oxygens (including phenoxy) is 3. The predicted octanol–water partition coefficient (Wildman–Crippen LogP) is -1.42. The van der Waals surface area contributed by atoms with E-state index in [0.717, 1.165) is 6.21 Å². The molecular weight excluding hydrogens is 620 g/mol. The van der Waals surface area contributed by atoms with Crippen molar-refractivity contribution in [3.05, 3.63) is 0 Å². The molecule has 13 nitrogen and oxygen atoms in total. The molecule has 243 valence electrons. The second kappa shape index (κ2) is 28.9. The Labute approximate surface area is 285 Å². The van der Waals surface area contributed by atoms with Crippen LogP contribution in [0.25, 0.3) is 0 Å². The minimum Gasteiger partial charge on any atom is -1.00 e.